The molecule has 20 heavy (non-hydrogen) atoms. The van der Waals surface area contributed by atoms with Gasteiger partial charge in [0.25, 0.3) is 0 Å². The molecule has 0 N–H and O–H groups in total. The summed E-state index contributed by atoms with van der Waals surface area (Å²) in [6.07, 6.45) is -0.169. The highest BCUT2D eigenvalue weighted by atomic mass is 19.2. The number of carbonyl (C=O) groups is 1. The summed E-state index contributed by atoms with van der Waals surface area (Å²) >= 11 is 0. The van der Waals surface area contributed by atoms with Crippen LogP contribution in [0, 0.1) is 11.6 Å². The summed E-state index contributed by atoms with van der Waals surface area (Å²) in [6.45, 7) is 2.41. The first-order valence-electron chi connectivity index (χ1n) is 6.30. The van der Waals surface area contributed by atoms with Gasteiger partial charge >= 0.3 is 0 Å². The third kappa shape index (κ3) is 3.20. The zero-order valence-corrected chi connectivity index (χ0v) is 11.0. The summed E-state index contributed by atoms with van der Waals surface area (Å²) in [6, 6.07) is 10.4. The van der Waals surface area contributed by atoms with Gasteiger partial charge in [-0.1, -0.05) is 12.1 Å². The molecule has 2 rings (SSSR count). The van der Waals surface area contributed by atoms with Crippen LogP contribution < -0.4 is 4.74 Å². The molecule has 0 aromatic heterocycles. The molecule has 2 aromatic rings. The van der Waals surface area contributed by atoms with Crippen LogP contribution in [0.15, 0.2) is 42.5 Å². The molecule has 2 aromatic carbocycles. The smallest absolute Gasteiger partial charge is 0.167 e. The van der Waals surface area contributed by atoms with Crippen molar-refractivity contribution in [3.8, 4) is 5.75 Å². The van der Waals surface area contributed by atoms with E-state index < -0.39 is 11.6 Å². The van der Waals surface area contributed by atoms with E-state index in [1.165, 1.54) is 12.1 Å². The molecular weight excluding hydrogens is 262 g/mol. The Labute approximate surface area is 116 Å². The molecule has 4 heteroatoms. The second kappa shape index (κ2) is 6.28. The Morgan fingerprint density at radius 2 is 1.80 bits per heavy atom. The number of benzene rings is 2. The van der Waals surface area contributed by atoms with Crippen molar-refractivity contribution in [2.45, 2.75) is 13.3 Å². The van der Waals surface area contributed by atoms with E-state index >= 15 is 0 Å². The highest BCUT2D eigenvalue weighted by Crippen LogP contribution is 2.16. The van der Waals surface area contributed by atoms with Crippen molar-refractivity contribution in [1.82, 2.24) is 0 Å². The SMILES string of the molecule is CCOc1ccc(C(=O)Cc2cccc(F)c2F)cc1. The van der Waals surface area contributed by atoms with E-state index in [-0.39, 0.29) is 17.8 Å². The molecule has 0 aliphatic rings. The van der Waals surface area contributed by atoms with Crippen molar-refractivity contribution < 1.29 is 18.3 Å². The first-order chi connectivity index (χ1) is 9.61. The van der Waals surface area contributed by atoms with Crippen molar-refractivity contribution in [2.24, 2.45) is 0 Å². The van der Waals surface area contributed by atoms with E-state index in [4.69, 9.17) is 4.74 Å². The van der Waals surface area contributed by atoms with Gasteiger partial charge in [0.2, 0.25) is 0 Å². The molecule has 0 saturated carbocycles. The summed E-state index contributed by atoms with van der Waals surface area (Å²) in [5.74, 6) is -1.51. The van der Waals surface area contributed by atoms with E-state index in [9.17, 15) is 13.6 Å². The Hall–Kier alpha value is -2.23. The topological polar surface area (TPSA) is 26.3 Å². The van der Waals surface area contributed by atoms with Gasteiger partial charge in [-0.15, -0.1) is 0 Å². The van der Waals surface area contributed by atoms with Crippen LogP contribution in [0.4, 0.5) is 8.78 Å². The predicted molar refractivity (Wildman–Crippen MR) is 72.0 cm³/mol. The van der Waals surface area contributed by atoms with Crippen LogP contribution in [0.2, 0.25) is 0 Å². The average Bonchev–Trinajstić information content (AvgIpc) is 2.45. The number of rotatable bonds is 5. The minimum atomic E-state index is -0.966. The van der Waals surface area contributed by atoms with Crippen molar-refractivity contribution >= 4 is 5.78 Å². The lowest BCUT2D eigenvalue weighted by Gasteiger charge is -2.06. The van der Waals surface area contributed by atoms with Crippen LogP contribution in [0.3, 0.4) is 0 Å². The number of hydrogen-bond donors (Lipinski definition) is 0. The van der Waals surface area contributed by atoms with E-state index in [1.54, 1.807) is 24.3 Å². The van der Waals surface area contributed by atoms with Crippen LogP contribution in [-0.2, 0) is 6.42 Å². The fourth-order valence-electron chi connectivity index (χ4n) is 1.86. The van der Waals surface area contributed by atoms with Crippen molar-refractivity contribution in [2.75, 3.05) is 6.61 Å². The van der Waals surface area contributed by atoms with Crippen molar-refractivity contribution in [3.05, 3.63) is 65.2 Å². The van der Waals surface area contributed by atoms with Crippen LogP contribution in [0.25, 0.3) is 0 Å². The molecule has 2 nitrogen and oxygen atoms in total. The fourth-order valence-corrected chi connectivity index (χ4v) is 1.86. The zero-order chi connectivity index (χ0) is 14.5. The Balaban J connectivity index is 2.13. The van der Waals surface area contributed by atoms with Gasteiger partial charge in [-0.05, 0) is 42.8 Å². The fraction of sp³-hybridized carbons (Fsp3) is 0.188. The van der Waals surface area contributed by atoms with Gasteiger partial charge in [0.05, 0.1) is 6.61 Å². The van der Waals surface area contributed by atoms with Crippen molar-refractivity contribution in [1.29, 1.82) is 0 Å². The maximum Gasteiger partial charge on any atom is 0.167 e. The molecule has 0 unspecified atom stereocenters. The first-order valence-corrected chi connectivity index (χ1v) is 6.30. The molecule has 0 bridgehead atoms. The van der Waals surface area contributed by atoms with Gasteiger partial charge < -0.3 is 4.74 Å². The van der Waals surface area contributed by atoms with Crippen molar-refractivity contribution in [3.63, 3.8) is 0 Å². The normalized spacial score (nSPS) is 10.3. The second-order valence-corrected chi connectivity index (χ2v) is 4.27. The average molecular weight is 276 g/mol. The van der Waals surface area contributed by atoms with E-state index in [0.717, 1.165) is 6.07 Å². The minimum Gasteiger partial charge on any atom is -0.494 e. The third-order valence-corrected chi connectivity index (χ3v) is 2.87. The molecule has 0 radical (unpaired) electrons. The number of carbonyl (C=O) groups excluding carboxylic acids is 1. The molecule has 0 saturated heterocycles. The third-order valence-electron chi connectivity index (χ3n) is 2.87. The number of hydrogen-bond acceptors (Lipinski definition) is 2. The Morgan fingerprint density at radius 1 is 1.10 bits per heavy atom. The van der Waals surface area contributed by atoms with E-state index in [0.29, 0.717) is 17.9 Å². The van der Waals surface area contributed by atoms with Gasteiger partial charge in [0.1, 0.15) is 5.75 Å². The quantitative estimate of drug-likeness (QED) is 0.777. The van der Waals surface area contributed by atoms with Crippen LogP contribution >= 0.6 is 0 Å². The molecular formula is C16H14F2O2. The van der Waals surface area contributed by atoms with Gasteiger partial charge in [-0.2, -0.15) is 0 Å². The van der Waals surface area contributed by atoms with Crippen LogP contribution in [0.1, 0.15) is 22.8 Å². The first kappa shape index (κ1) is 14.2. The summed E-state index contributed by atoms with van der Waals surface area (Å²) < 4.78 is 31.8. The molecule has 0 heterocycles. The van der Waals surface area contributed by atoms with Gasteiger partial charge in [-0.3, -0.25) is 4.79 Å². The number of Topliss-reactive ketones (excluding diaryl/α,β-unsaturated/α-hetero) is 1. The monoisotopic (exact) mass is 276 g/mol. The molecule has 0 aliphatic carbocycles. The number of ketones is 1. The maximum absolute atomic E-state index is 13.5. The largest absolute Gasteiger partial charge is 0.494 e. The highest BCUT2D eigenvalue weighted by Gasteiger charge is 2.13. The lowest BCUT2D eigenvalue weighted by Crippen LogP contribution is -2.06. The standard InChI is InChI=1S/C16H14F2O2/c1-2-20-13-8-6-11(7-9-13)15(19)10-12-4-3-5-14(17)16(12)18/h3-9H,2,10H2,1H3. The second-order valence-electron chi connectivity index (χ2n) is 4.27. The summed E-state index contributed by atoms with van der Waals surface area (Å²) in [7, 11) is 0. The van der Waals surface area contributed by atoms with Gasteiger partial charge in [-0.25, -0.2) is 8.78 Å². The van der Waals surface area contributed by atoms with Gasteiger partial charge in [0, 0.05) is 12.0 Å². The number of halogens is 2. The molecule has 0 aliphatic heterocycles. The highest BCUT2D eigenvalue weighted by molar-refractivity contribution is 5.97. The molecule has 0 atom stereocenters. The Bertz CT molecular complexity index is 606. The molecule has 0 amide bonds. The summed E-state index contributed by atoms with van der Waals surface area (Å²) in [5, 5.41) is 0. The van der Waals surface area contributed by atoms with E-state index in [2.05, 4.69) is 0 Å². The summed E-state index contributed by atoms with van der Waals surface area (Å²) in [5.41, 5.74) is 0.501. The lowest BCUT2D eigenvalue weighted by molar-refractivity contribution is 0.0991. The van der Waals surface area contributed by atoms with E-state index in [1.807, 2.05) is 6.92 Å². The molecule has 104 valence electrons. The predicted octanol–water partition coefficient (Wildman–Crippen LogP) is 3.79. The maximum atomic E-state index is 13.5. The van der Waals surface area contributed by atoms with Crippen LogP contribution in [0.5, 0.6) is 5.75 Å². The molecule has 0 spiro atoms. The lowest BCUT2D eigenvalue weighted by atomic mass is 10.0. The van der Waals surface area contributed by atoms with Gasteiger partial charge in [0.15, 0.2) is 17.4 Å². The summed E-state index contributed by atoms with van der Waals surface area (Å²) in [4.78, 5) is 12.0. The molecule has 0 fully saturated rings. The minimum absolute atomic E-state index is 0.0592. The number of ether oxygens (including phenoxy) is 1. The van der Waals surface area contributed by atoms with Crippen LogP contribution in [-0.4, -0.2) is 12.4 Å². The zero-order valence-electron chi connectivity index (χ0n) is 11.0. The Kier molecular flexibility index (Phi) is 4.45. The Morgan fingerprint density at radius 3 is 2.45 bits per heavy atom.